The molecule has 0 aromatic heterocycles. The van der Waals surface area contributed by atoms with Crippen molar-refractivity contribution in [2.45, 2.75) is 32.6 Å². The van der Waals surface area contributed by atoms with E-state index in [-0.39, 0.29) is 13.2 Å². The van der Waals surface area contributed by atoms with Gasteiger partial charge in [0.1, 0.15) is 11.8 Å². The van der Waals surface area contributed by atoms with E-state index in [2.05, 4.69) is 5.32 Å². The number of carboxylic acids is 1. The van der Waals surface area contributed by atoms with E-state index in [4.69, 9.17) is 14.2 Å². The Bertz CT molecular complexity index is 483. The summed E-state index contributed by atoms with van der Waals surface area (Å²) in [7, 11) is -3.52. The predicted molar refractivity (Wildman–Crippen MR) is 80.3 cm³/mol. The maximum Gasteiger partial charge on any atom is 0.351 e. The average Bonchev–Trinajstić information content (AvgIpc) is 2.45. The van der Waals surface area contributed by atoms with Crippen LogP contribution >= 0.6 is 7.60 Å². The summed E-state index contributed by atoms with van der Waals surface area (Å²) in [5, 5.41) is 11.9. The van der Waals surface area contributed by atoms with E-state index in [9.17, 15) is 9.36 Å². The number of benzene rings is 1. The predicted octanol–water partition coefficient (Wildman–Crippen LogP) is 3.01. The molecule has 118 valence electrons. The van der Waals surface area contributed by atoms with Gasteiger partial charge < -0.3 is 14.2 Å². The fraction of sp³-hybridized carbons (Fsp3) is 0.500. The maximum atomic E-state index is 13.0. The van der Waals surface area contributed by atoms with Gasteiger partial charge in [-0.3, -0.25) is 14.7 Å². The van der Waals surface area contributed by atoms with Crippen molar-refractivity contribution in [2.24, 2.45) is 0 Å². The molecule has 0 bridgehead atoms. The van der Waals surface area contributed by atoms with Crippen LogP contribution in [0.3, 0.4) is 0 Å². The van der Waals surface area contributed by atoms with Gasteiger partial charge in [-0.05, 0) is 26.3 Å². The molecule has 1 unspecified atom stereocenters. The van der Waals surface area contributed by atoms with Crippen LogP contribution in [0.15, 0.2) is 30.3 Å². The molecule has 0 radical (unpaired) electrons. The molecule has 0 heterocycles. The second-order valence-electron chi connectivity index (χ2n) is 4.42. The lowest BCUT2D eigenvalue weighted by atomic mass is 10.2. The molecule has 1 aromatic carbocycles. The van der Waals surface area contributed by atoms with Gasteiger partial charge in [0.2, 0.25) is 0 Å². The highest BCUT2D eigenvalue weighted by Crippen LogP contribution is 2.59. The fourth-order valence-electron chi connectivity index (χ4n) is 1.86. The average molecular weight is 315 g/mol. The summed E-state index contributed by atoms with van der Waals surface area (Å²) < 4.78 is 23.7. The maximum absolute atomic E-state index is 13.0. The zero-order valence-corrected chi connectivity index (χ0v) is 13.4. The number of nitrogens with one attached hydrogen (secondary N) is 1. The largest absolute Gasteiger partial charge is 0.480 e. The third kappa shape index (κ3) is 4.93. The standard InChI is InChI=1S/C14H22NO5P/c1-4-19-21(18,20-5-2)13(15-11(3)14(16)17)12-9-7-6-8-10-12/h6-11,13,15H,4-5H2,1-3H3,(H,16,17)/t11-,13?/m0/s1. The molecule has 0 aliphatic heterocycles. The highest BCUT2D eigenvalue weighted by atomic mass is 31.2. The second-order valence-corrected chi connectivity index (χ2v) is 6.53. The summed E-state index contributed by atoms with van der Waals surface area (Å²) in [6.45, 7) is 5.34. The molecule has 0 aliphatic carbocycles. The molecular formula is C14H22NO5P. The van der Waals surface area contributed by atoms with Crippen molar-refractivity contribution < 1.29 is 23.5 Å². The topological polar surface area (TPSA) is 84.9 Å². The van der Waals surface area contributed by atoms with Gasteiger partial charge >= 0.3 is 13.6 Å². The van der Waals surface area contributed by atoms with Crippen molar-refractivity contribution in [3.8, 4) is 0 Å². The van der Waals surface area contributed by atoms with Gasteiger partial charge in [-0.15, -0.1) is 0 Å². The molecule has 0 saturated heterocycles. The Morgan fingerprint density at radius 2 is 1.76 bits per heavy atom. The van der Waals surface area contributed by atoms with Crippen molar-refractivity contribution >= 4 is 13.6 Å². The molecule has 1 rings (SSSR count). The minimum Gasteiger partial charge on any atom is -0.480 e. The van der Waals surface area contributed by atoms with Crippen LogP contribution in [0.25, 0.3) is 0 Å². The van der Waals surface area contributed by atoms with Crippen LogP contribution in [0.4, 0.5) is 0 Å². The van der Waals surface area contributed by atoms with Crippen LogP contribution in [-0.2, 0) is 18.4 Å². The summed E-state index contributed by atoms with van der Waals surface area (Å²) in [4.78, 5) is 11.1. The Morgan fingerprint density at radius 1 is 1.24 bits per heavy atom. The van der Waals surface area contributed by atoms with Gasteiger partial charge in [0.05, 0.1) is 13.2 Å². The van der Waals surface area contributed by atoms with Crippen LogP contribution < -0.4 is 5.32 Å². The lowest BCUT2D eigenvalue weighted by Crippen LogP contribution is -2.37. The molecule has 7 heteroatoms. The van der Waals surface area contributed by atoms with E-state index in [0.717, 1.165) is 0 Å². The van der Waals surface area contributed by atoms with Crippen molar-refractivity contribution in [2.75, 3.05) is 13.2 Å². The van der Waals surface area contributed by atoms with Crippen LogP contribution in [0.2, 0.25) is 0 Å². The molecule has 2 atom stereocenters. The molecule has 2 N–H and O–H groups in total. The fourth-order valence-corrected chi connectivity index (χ4v) is 3.90. The molecule has 0 spiro atoms. The Balaban J connectivity index is 3.16. The zero-order valence-electron chi connectivity index (χ0n) is 12.5. The molecule has 1 aromatic rings. The van der Waals surface area contributed by atoms with E-state index < -0.39 is 25.4 Å². The third-order valence-electron chi connectivity index (χ3n) is 2.83. The van der Waals surface area contributed by atoms with E-state index in [1.807, 2.05) is 6.07 Å². The highest BCUT2D eigenvalue weighted by Gasteiger charge is 2.38. The first-order valence-corrected chi connectivity index (χ1v) is 8.48. The Morgan fingerprint density at radius 3 is 2.19 bits per heavy atom. The minimum absolute atomic E-state index is 0.212. The zero-order chi connectivity index (χ0) is 15.9. The number of carboxylic acid groups (broad SMARTS) is 1. The first-order chi connectivity index (χ1) is 9.94. The SMILES string of the molecule is CCOP(=O)(OCC)C(N[C@@H](C)C(=O)O)c1ccccc1. The number of hydrogen-bond acceptors (Lipinski definition) is 5. The van der Waals surface area contributed by atoms with Crippen molar-refractivity contribution in [3.63, 3.8) is 0 Å². The van der Waals surface area contributed by atoms with E-state index in [0.29, 0.717) is 5.56 Å². The van der Waals surface area contributed by atoms with E-state index in [1.54, 1.807) is 38.1 Å². The van der Waals surface area contributed by atoms with Gasteiger partial charge in [-0.1, -0.05) is 30.3 Å². The van der Waals surface area contributed by atoms with Crippen molar-refractivity contribution in [3.05, 3.63) is 35.9 Å². The molecule has 0 aliphatic rings. The normalized spacial score (nSPS) is 14.6. The van der Waals surface area contributed by atoms with E-state index >= 15 is 0 Å². The van der Waals surface area contributed by atoms with Gasteiger partial charge in [0.25, 0.3) is 0 Å². The molecular weight excluding hydrogens is 293 g/mol. The van der Waals surface area contributed by atoms with Gasteiger partial charge in [0.15, 0.2) is 0 Å². The van der Waals surface area contributed by atoms with Gasteiger partial charge in [-0.25, -0.2) is 0 Å². The summed E-state index contributed by atoms with van der Waals surface area (Å²) in [6.07, 6.45) is 0. The highest BCUT2D eigenvalue weighted by molar-refractivity contribution is 7.54. The van der Waals surface area contributed by atoms with E-state index in [1.165, 1.54) is 6.92 Å². The van der Waals surface area contributed by atoms with Gasteiger partial charge in [-0.2, -0.15) is 0 Å². The Labute approximate surface area is 125 Å². The Hall–Kier alpha value is -1.20. The molecule has 0 saturated carbocycles. The number of aliphatic carboxylic acids is 1. The van der Waals surface area contributed by atoms with Gasteiger partial charge in [0, 0.05) is 0 Å². The van der Waals surface area contributed by atoms with Crippen molar-refractivity contribution in [1.82, 2.24) is 5.32 Å². The third-order valence-corrected chi connectivity index (χ3v) is 5.14. The summed E-state index contributed by atoms with van der Waals surface area (Å²) in [5.74, 6) is -1.86. The minimum atomic E-state index is -3.52. The molecule has 0 amide bonds. The summed E-state index contributed by atoms with van der Waals surface area (Å²) in [5.41, 5.74) is 0.663. The quantitative estimate of drug-likeness (QED) is 0.681. The number of carbonyl (C=O) groups is 1. The lowest BCUT2D eigenvalue weighted by Gasteiger charge is -2.28. The smallest absolute Gasteiger partial charge is 0.351 e. The molecule has 21 heavy (non-hydrogen) atoms. The van der Waals surface area contributed by atoms with Crippen LogP contribution in [0, 0.1) is 0 Å². The Kier molecular flexibility index (Phi) is 7.05. The van der Waals surface area contributed by atoms with Crippen LogP contribution in [0.1, 0.15) is 32.1 Å². The second kappa shape index (κ2) is 8.29. The summed E-state index contributed by atoms with van der Waals surface area (Å²) >= 11 is 0. The molecule has 0 fully saturated rings. The number of hydrogen-bond donors (Lipinski definition) is 2. The first kappa shape index (κ1) is 17.9. The van der Waals surface area contributed by atoms with Crippen LogP contribution in [0.5, 0.6) is 0 Å². The molecule has 6 nitrogen and oxygen atoms in total. The van der Waals surface area contributed by atoms with Crippen molar-refractivity contribution in [1.29, 1.82) is 0 Å². The monoisotopic (exact) mass is 315 g/mol. The lowest BCUT2D eigenvalue weighted by molar-refractivity contribution is -0.139. The summed E-state index contributed by atoms with van der Waals surface area (Å²) in [6, 6.07) is 8.04. The first-order valence-electron chi connectivity index (χ1n) is 6.87. The number of rotatable bonds is 9. The van der Waals surface area contributed by atoms with Crippen LogP contribution in [-0.4, -0.2) is 30.3 Å².